The van der Waals surface area contributed by atoms with Crippen molar-refractivity contribution in [3.8, 4) is 11.8 Å². The summed E-state index contributed by atoms with van der Waals surface area (Å²) >= 11 is 0. The molecule has 0 bridgehead atoms. The van der Waals surface area contributed by atoms with Crippen molar-refractivity contribution in [2.24, 2.45) is 0 Å². The highest BCUT2D eigenvalue weighted by atomic mass is 16.5. The lowest BCUT2D eigenvalue weighted by molar-refractivity contribution is -0.120. The van der Waals surface area contributed by atoms with Gasteiger partial charge in [-0.05, 0) is 44.3 Å². The number of hydrogen-bond donors (Lipinski definition) is 1. The molecule has 0 fully saturated rings. The van der Waals surface area contributed by atoms with Crippen molar-refractivity contribution in [3.05, 3.63) is 60.2 Å². The topological polar surface area (TPSA) is 65.4 Å². The van der Waals surface area contributed by atoms with Gasteiger partial charge in [-0.1, -0.05) is 24.3 Å². The van der Waals surface area contributed by atoms with Gasteiger partial charge in [-0.2, -0.15) is 5.26 Å². The van der Waals surface area contributed by atoms with Crippen LogP contribution in [-0.2, 0) is 4.79 Å². The highest BCUT2D eigenvalue weighted by Gasteiger charge is 2.18. The number of benzene rings is 2. The van der Waals surface area contributed by atoms with Crippen LogP contribution in [0.2, 0.25) is 0 Å². The standard InChI is InChI=1S/C19H21N3O2/c1-15(19(23)21-17-8-6-7-16(13-17)14-20)22(2)11-12-24-18-9-4-3-5-10-18/h3-10,13,15H,11-12H2,1-2H3,(H,21,23)/t15-/m0/s1. The fourth-order valence-corrected chi connectivity index (χ4v) is 2.13. The minimum Gasteiger partial charge on any atom is -0.492 e. The highest BCUT2D eigenvalue weighted by Crippen LogP contribution is 2.11. The first kappa shape index (κ1) is 17.5. The third-order valence-corrected chi connectivity index (χ3v) is 3.76. The van der Waals surface area contributed by atoms with Crippen LogP contribution < -0.4 is 10.1 Å². The van der Waals surface area contributed by atoms with Crippen molar-refractivity contribution in [1.29, 1.82) is 5.26 Å². The highest BCUT2D eigenvalue weighted by molar-refractivity contribution is 5.94. The number of anilines is 1. The number of nitrogens with one attached hydrogen (secondary N) is 1. The molecular formula is C19H21N3O2. The summed E-state index contributed by atoms with van der Waals surface area (Å²) in [5.41, 5.74) is 1.14. The molecule has 0 aromatic heterocycles. The van der Waals surface area contributed by atoms with Crippen molar-refractivity contribution in [2.75, 3.05) is 25.5 Å². The number of para-hydroxylation sites is 1. The summed E-state index contributed by atoms with van der Waals surface area (Å²) < 4.78 is 5.65. The molecule has 2 aromatic carbocycles. The zero-order chi connectivity index (χ0) is 17.4. The summed E-state index contributed by atoms with van der Waals surface area (Å²) in [5.74, 6) is 0.698. The van der Waals surface area contributed by atoms with Crippen LogP contribution in [0.1, 0.15) is 12.5 Å². The first-order valence-corrected chi connectivity index (χ1v) is 7.79. The lowest BCUT2D eigenvalue weighted by Gasteiger charge is -2.23. The molecule has 0 spiro atoms. The Kier molecular flexibility index (Phi) is 6.35. The SMILES string of the molecule is C[C@@H](C(=O)Nc1cccc(C#N)c1)N(C)CCOc1ccccc1. The number of nitriles is 1. The van der Waals surface area contributed by atoms with E-state index in [-0.39, 0.29) is 11.9 Å². The molecule has 1 amide bonds. The molecule has 5 nitrogen and oxygen atoms in total. The Bertz CT molecular complexity index is 710. The molecule has 0 heterocycles. The Morgan fingerprint density at radius 2 is 2.00 bits per heavy atom. The minimum absolute atomic E-state index is 0.118. The lowest BCUT2D eigenvalue weighted by atomic mass is 10.2. The van der Waals surface area contributed by atoms with E-state index in [1.165, 1.54) is 0 Å². The number of ether oxygens (including phenoxy) is 1. The van der Waals surface area contributed by atoms with Gasteiger partial charge in [0.05, 0.1) is 17.7 Å². The Balaban J connectivity index is 1.82. The number of nitrogens with zero attached hydrogens (tertiary/aromatic N) is 2. The van der Waals surface area contributed by atoms with Crippen molar-refractivity contribution >= 4 is 11.6 Å². The summed E-state index contributed by atoms with van der Waals surface area (Å²) in [6, 6.07) is 18.2. The van der Waals surface area contributed by atoms with Crippen molar-refractivity contribution < 1.29 is 9.53 Å². The van der Waals surface area contributed by atoms with Crippen LogP contribution >= 0.6 is 0 Å². The molecule has 24 heavy (non-hydrogen) atoms. The summed E-state index contributed by atoms with van der Waals surface area (Å²) in [7, 11) is 1.88. The number of likely N-dealkylation sites (N-methyl/N-ethyl adjacent to an activating group) is 1. The summed E-state index contributed by atoms with van der Waals surface area (Å²) in [6.45, 7) is 2.97. The van der Waals surface area contributed by atoms with E-state index >= 15 is 0 Å². The normalized spacial score (nSPS) is 11.6. The van der Waals surface area contributed by atoms with Gasteiger partial charge in [0.25, 0.3) is 0 Å². The predicted molar refractivity (Wildman–Crippen MR) is 93.8 cm³/mol. The average molecular weight is 323 g/mol. The van der Waals surface area contributed by atoms with Crippen LogP contribution in [0.15, 0.2) is 54.6 Å². The van der Waals surface area contributed by atoms with E-state index in [0.717, 1.165) is 5.75 Å². The molecule has 0 saturated carbocycles. The van der Waals surface area contributed by atoms with Crippen molar-refractivity contribution in [3.63, 3.8) is 0 Å². The molecule has 0 aliphatic heterocycles. The average Bonchev–Trinajstić information content (AvgIpc) is 2.62. The van der Waals surface area contributed by atoms with E-state index in [0.29, 0.717) is 24.4 Å². The number of carbonyl (C=O) groups is 1. The molecule has 0 saturated heterocycles. The molecule has 1 atom stereocenters. The number of hydrogen-bond acceptors (Lipinski definition) is 4. The second kappa shape index (κ2) is 8.70. The van der Waals surface area contributed by atoms with Crippen LogP contribution in [0, 0.1) is 11.3 Å². The monoisotopic (exact) mass is 323 g/mol. The number of amides is 1. The largest absolute Gasteiger partial charge is 0.492 e. The van der Waals surface area contributed by atoms with E-state index in [4.69, 9.17) is 10.00 Å². The zero-order valence-electron chi connectivity index (χ0n) is 13.9. The molecule has 0 radical (unpaired) electrons. The molecule has 1 N–H and O–H groups in total. The third-order valence-electron chi connectivity index (χ3n) is 3.76. The van der Waals surface area contributed by atoms with Crippen LogP contribution in [0.3, 0.4) is 0 Å². The molecule has 5 heteroatoms. The minimum atomic E-state index is -0.310. The Labute approximate surface area is 142 Å². The van der Waals surface area contributed by atoms with Gasteiger partial charge in [-0.15, -0.1) is 0 Å². The lowest BCUT2D eigenvalue weighted by Crippen LogP contribution is -2.41. The molecule has 2 rings (SSSR count). The fourth-order valence-electron chi connectivity index (χ4n) is 2.13. The first-order chi connectivity index (χ1) is 11.6. The Morgan fingerprint density at radius 3 is 2.71 bits per heavy atom. The molecule has 0 unspecified atom stereocenters. The van der Waals surface area contributed by atoms with Crippen molar-refractivity contribution in [2.45, 2.75) is 13.0 Å². The summed E-state index contributed by atoms with van der Waals surface area (Å²) in [5, 5.41) is 11.7. The quantitative estimate of drug-likeness (QED) is 0.851. The molecule has 2 aromatic rings. The van der Waals surface area contributed by atoms with Crippen LogP contribution in [0.5, 0.6) is 5.75 Å². The third kappa shape index (κ3) is 5.11. The predicted octanol–water partition coefficient (Wildman–Crippen LogP) is 2.90. The maximum Gasteiger partial charge on any atom is 0.241 e. The van der Waals surface area contributed by atoms with Gasteiger partial charge in [0.15, 0.2) is 0 Å². The summed E-state index contributed by atoms with van der Waals surface area (Å²) in [6.07, 6.45) is 0. The maximum absolute atomic E-state index is 12.3. The van der Waals surface area contributed by atoms with Crippen LogP contribution in [0.4, 0.5) is 5.69 Å². The van der Waals surface area contributed by atoms with Gasteiger partial charge in [-0.3, -0.25) is 9.69 Å². The van der Waals surface area contributed by atoms with E-state index in [2.05, 4.69) is 11.4 Å². The van der Waals surface area contributed by atoms with Gasteiger partial charge in [0.2, 0.25) is 5.91 Å². The number of carbonyl (C=O) groups excluding carboxylic acids is 1. The maximum atomic E-state index is 12.3. The van der Waals surface area contributed by atoms with Crippen LogP contribution in [-0.4, -0.2) is 37.0 Å². The van der Waals surface area contributed by atoms with E-state index in [9.17, 15) is 4.79 Å². The Hall–Kier alpha value is -2.84. The zero-order valence-corrected chi connectivity index (χ0v) is 13.9. The second-order valence-corrected chi connectivity index (χ2v) is 5.50. The second-order valence-electron chi connectivity index (χ2n) is 5.50. The van der Waals surface area contributed by atoms with Gasteiger partial charge in [0.1, 0.15) is 12.4 Å². The molecule has 0 aliphatic carbocycles. The van der Waals surface area contributed by atoms with Gasteiger partial charge < -0.3 is 10.1 Å². The first-order valence-electron chi connectivity index (χ1n) is 7.79. The summed E-state index contributed by atoms with van der Waals surface area (Å²) in [4.78, 5) is 14.2. The molecule has 124 valence electrons. The van der Waals surface area contributed by atoms with E-state index < -0.39 is 0 Å². The van der Waals surface area contributed by atoms with E-state index in [1.807, 2.05) is 49.2 Å². The molecular weight excluding hydrogens is 302 g/mol. The smallest absolute Gasteiger partial charge is 0.241 e. The van der Waals surface area contributed by atoms with Gasteiger partial charge in [0, 0.05) is 12.2 Å². The van der Waals surface area contributed by atoms with Gasteiger partial charge in [-0.25, -0.2) is 0 Å². The number of rotatable bonds is 7. The molecule has 0 aliphatic rings. The Morgan fingerprint density at radius 1 is 1.25 bits per heavy atom. The fraction of sp³-hybridized carbons (Fsp3) is 0.263. The van der Waals surface area contributed by atoms with Gasteiger partial charge >= 0.3 is 0 Å². The van der Waals surface area contributed by atoms with Crippen LogP contribution in [0.25, 0.3) is 0 Å². The van der Waals surface area contributed by atoms with E-state index in [1.54, 1.807) is 24.3 Å². The van der Waals surface area contributed by atoms with Crippen molar-refractivity contribution in [1.82, 2.24) is 4.90 Å².